The lowest BCUT2D eigenvalue weighted by Crippen LogP contribution is -1.92. The van der Waals surface area contributed by atoms with E-state index in [-0.39, 0.29) is 0 Å². The second kappa shape index (κ2) is 5.48. The first-order valence-electron chi connectivity index (χ1n) is 7.14. The molecule has 3 aromatic heterocycles. The third-order valence-electron chi connectivity index (χ3n) is 3.81. The van der Waals surface area contributed by atoms with Crippen LogP contribution in [-0.4, -0.2) is 26.7 Å². The van der Waals surface area contributed by atoms with Gasteiger partial charge in [-0.2, -0.15) is 0 Å². The fourth-order valence-corrected chi connectivity index (χ4v) is 3.17. The van der Waals surface area contributed by atoms with Gasteiger partial charge in [0.25, 0.3) is 0 Å². The molecule has 0 radical (unpaired) electrons. The number of rotatable bonds is 3. The zero-order valence-electron chi connectivity index (χ0n) is 12.7. The number of aryl methyl sites for hydroxylation is 1. The SMILES string of the molecule is COc1ccc(-c2ccc3nnc(-c4cscn4)n3c2)c(C)c1. The number of benzene rings is 1. The first kappa shape index (κ1) is 13.9. The Hall–Kier alpha value is -2.73. The van der Waals surface area contributed by atoms with Crippen LogP contribution in [-0.2, 0) is 0 Å². The summed E-state index contributed by atoms with van der Waals surface area (Å²) in [7, 11) is 1.68. The topological polar surface area (TPSA) is 52.3 Å². The van der Waals surface area contributed by atoms with E-state index in [1.54, 1.807) is 24.0 Å². The van der Waals surface area contributed by atoms with E-state index in [0.717, 1.165) is 39.6 Å². The molecule has 0 bridgehead atoms. The smallest absolute Gasteiger partial charge is 0.187 e. The first-order chi connectivity index (χ1) is 11.3. The summed E-state index contributed by atoms with van der Waals surface area (Å²) < 4.78 is 7.26. The van der Waals surface area contributed by atoms with Gasteiger partial charge in [0, 0.05) is 11.6 Å². The van der Waals surface area contributed by atoms with Crippen LogP contribution in [0.4, 0.5) is 0 Å². The fourth-order valence-electron chi connectivity index (χ4n) is 2.63. The van der Waals surface area contributed by atoms with Gasteiger partial charge in [0.05, 0.1) is 12.6 Å². The lowest BCUT2D eigenvalue weighted by atomic mass is 10.0. The molecular weight excluding hydrogens is 308 g/mol. The molecule has 1 aromatic carbocycles. The summed E-state index contributed by atoms with van der Waals surface area (Å²) in [5.41, 5.74) is 6.87. The Balaban J connectivity index is 1.87. The van der Waals surface area contributed by atoms with Crippen LogP contribution < -0.4 is 4.74 Å². The van der Waals surface area contributed by atoms with Crippen LogP contribution in [0.1, 0.15) is 5.56 Å². The van der Waals surface area contributed by atoms with E-state index < -0.39 is 0 Å². The van der Waals surface area contributed by atoms with E-state index in [2.05, 4.69) is 40.4 Å². The first-order valence-corrected chi connectivity index (χ1v) is 8.09. The highest BCUT2D eigenvalue weighted by atomic mass is 32.1. The average Bonchev–Trinajstić information content (AvgIpc) is 3.23. The molecule has 0 spiro atoms. The van der Waals surface area contributed by atoms with Crippen LogP contribution >= 0.6 is 11.3 Å². The van der Waals surface area contributed by atoms with Gasteiger partial charge in [0.15, 0.2) is 11.5 Å². The number of thiazole rings is 1. The van der Waals surface area contributed by atoms with Crippen LogP contribution in [0.5, 0.6) is 5.75 Å². The zero-order valence-corrected chi connectivity index (χ0v) is 13.5. The number of nitrogens with zero attached hydrogens (tertiary/aromatic N) is 4. The van der Waals surface area contributed by atoms with Crippen molar-refractivity contribution in [2.45, 2.75) is 6.92 Å². The van der Waals surface area contributed by atoms with Crippen molar-refractivity contribution in [3.05, 3.63) is 53.0 Å². The molecule has 5 nitrogen and oxygen atoms in total. The maximum atomic E-state index is 5.28. The van der Waals surface area contributed by atoms with Crippen LogP contribution in [0.15, 0.2) is 47.4 Å². The van der Waals surface area contributed by atoms with Gasteiger partial charge in [-0.25, -0.2) is 4.98 Å². The molecule has 0 unspecified atom stereocenters. The van der Waals surface area contributed by atoms with Gasteiger partial charge < -0.3 is 4.74 Å². The Kier molecular flexibility index (Phi) is 3.31. The lowest BCUT2D eigenvalue weighted by Gasteiger charge is -2.09. The van der Waals surface area contributed by atoms with Gasteiger partial charge in [0.2, 0.25) is 0 Å². The average molecular weight is 322 g/mol. The van der Waals surface area contributed by atoms with Crippen molar-refractivity contribution in [1.29, 1.82) is 0 Å². The summed E-state index contributed by atoms with van der Waals surface area (Å²) >= 11 is 1.55. The lowest BCUT2D eigenvalue weighted by molar-refractivity contribution is 0.414. The maximum Gasteiger partial charge on any atom is 0.187 e. The normalized spacial score (nSPS) is 11.0. The maximum absolute atomic E-state index is 5.28. The van der Waals surface area contributed by atoms with Crippen molar-refractivity contribution in [3.63, 3.8) is 0 Å². The second-order valence-electron chi connectivity index (χ2n) is 5.22. The van der Waals surface area contributed by atoms with Crippen molar-refractivity contribution >= 4 is 17.0 Å². The largest absolute Gasteiger partial charge is 0.497 e. The van der Waals surface area contributed by atoms with E-state index in [0.29, 0.717) is 0 Å². The van der Waals surface area contributed by atoms with Crippen LogP contribution in [0.2, 0.25) is 0 Å². The molecule has 0 fully saturated rings. The second-order valence-corrected chi connectivity index (χ2v) is 5.94. The molecule has 114 valence electrons. The Morgan fingerprint density at radius 3 is 2.78 bits per heavy atom. The molecule has 0 aliphatic rings. The van der Waals surface area contributed by atoms with E-state index in [9.17, 15) is 0 Å². The molecule has 0 atom stereocenters. The molecule has 4 rings (SSSR count). The Morgan fingerprint density at radius 1 is 1.13 bits per heavy atom. The number of methoxy groups -OCH3 is 1. The monoisotopic (exact) mass is 322 g/mol. The third-order valence-corrected chi connectivity index (χ3v) is 4.39. The number of ether oxygens (including phenoxy) is 1. The van der Waals surface area contributed by atoms with Crippen LogP contribution in [0.3, 0.4) is 0 Å². The Morgan fingerprint density at radius 2 is 2.04 bits per heavy atom. The zero-order chi connectivity index (χ0) is 15.8. The molecular formula is C17H14N4OS. The molecule has 3 heterocycles. The molecule has 0 saturated carbocycles. The molecule has 0 amide bonds. The van der Waals surface area contributed by atoms with Gasteiger partial charge in [-0.3, -0.25) is 4.40 Å². The van der Waals surface area contributed by atoms with Crippen molar-refractivity contribution in [3.8, 4) is 28.4 Å². The molecule has 0 aliphatic heterocycles. The number of hydrogen-bond donors (Lipinski definition) is 0. The minimum absolute atomic E-state index is 0.759. The number of fused-ring (bicyclic) bond motifs is 1. The van der Waals surface area contributed by atoms with E-state index in [1.165, 1.54) is 0 Å². The molecule has 23 heavy (non-hydrogen) atoms. The van der Waals surface area contributed by atoms with Gasteiger partial charge in [0.1, 0.15) is 11.4 Å². The van der Waals surface area contributed by atoms with Gasteiger partial charge in [-0.05, 0) is 47.9 Å². The van der Waals surface area contributed by atoms with E-state index >= 15 is 0 Å². The van der Waals surface area contributed by atoms with Crippen LogP contribution in [0, 0.1) is 6.92 Å². The highest BCUT2D eigenvalue weighted by molar-refractivity contribution is 7.07. The standard InChI is InChI=1S/C17H14N4OS/c1-11-7-13(22-2)4-5-14(11)12-3-6-16-19-20-17(21(16)8-12)15-9-23-10-18-15/h3-10H,1-2H3. The van der Waals surface area contributed by atoms with Crippen molar-refractivity contribution in [1.82, 2.24) is 19.6 Å². The number of hydrogen-bond acceptors (Lipinski definition) is 5. The predicted octanol–water partition coefficient (Wildman–Crippen LogP) is 3.84. The molecule has 4 aromatic rings. The number of aromatic nitrogens is 4. The molecule has 0 aliphatic carbocycles. The van der Waals surface area contributed by atoms with Crippen molar-refractivity contribution < 1.29 is 4.74 Å². The molecule has 0 N–H and O–H groups in total. The number of pyridine rings is 1. The minimum atomic E-state index is 0.759. The van der Waals surface area contributed by atoms with Crippen molar-refractivity contribution in [2.24, 2.45) is 0 Å². The molecule has 0 saturated heterocycles. The summed E-state index contributed by atoms with van der Waals surface area (Å²) in [5.74, 6) is 1.62. The quantitative estimate of drug-likeness (QED) is 0.575. The summed E-state index contributed by atoms with van der Waals surface area (Å²) in [4.78, 5) is 4.33. The van der Waals surface area contributed by atoms with Gasteiger partial charge in [-0.1, -0.05) is 6.07 Å². The van der Waals surface area contributed by atoms with E-state index in [4.69, 9.17) is 4.74 Å². The summed E-state index contributed by atoms with van der Waals surface area (Å²) in [6.45, 7) is 2.08. The summed E-state index contributed by atoms with van der Waals surface area (Å²) in [6, 6.07) is 10.1. The third kappa shape index (κ3) is 2.37. The van der Waals surface area contributed by atoms with Gasteiger partial charge >= 0.3 is 0 Å². The van der Waals surface area contributed by atoms with Crippen LogP contribution in [0.25, 0.3) is 28.3 Å². The Labute approximate surface area is 137 Å². The highest BCUT2D eigenvalue weighted by Crippen LogP contribution is 2.28. The Bertz CT molecular complexity index is 976. The fraction of sp³-hybridized carbons (Fsp3) is 0.118. The summed E-state index contributed by atoms with van der Waals surface area (Å²) in [6.07, 6.45) is 2.05. The van der Waals surface area contributed by atoms with Crippen molar-refractivity contribution in [2.75, 3.05) is 7.11 Å². The van der Waals surface area contributed by atoms with E-state index in [1.807, 2.05) is 28.0 Å². The van der Waals surface area contributed by atoms with Gasteiger partial charge in [-0.15, -0.1) is 21.5 Å². The highest BCUT2D eigenvalue weighted by Gasteiger charge is 2.11. The minimum Gasteiger partial charge on any atom is -0.497 e. The molecule has 6 heteroatoms. The summed E-state index contributed by atoms with van der Waals surface area (Å²) in [5, 5.41) is 10.5. The predicted molar refractivity (Wildman–Crippen MR) is 90.8 cm³/mol.